The average Bonchev–Trinajstić information content (AvgIpc) is 3.59. The molecule has 0 radical (unpaired) electrons. The molecule has 2 aliphatic rings. The summed E-state index contributed by atoms with van der Waals surface area (Å²) in [5, 5.41) is 10.7. The molecule has 3 atom stereocenters. The van der Waals surface area contributed by atoms with Crippen molar-refractivity contribution in [3.8, 4) is 0 Å². The number of fused-ring (bicyclic) bond motifs is 1. The van der Waals surface area contributed by atoms with E-state index in [-0.39, 0.29) is 36.1 Å². The summed E-state index contributed by atoms with van der Waals surface area (Å²) < 4.78 is 0.948. The zero-order valence-electron chi connectivity index (χ0n) is 23.1. The Morgan fingerprint density at radius 2 is 1.82 bits per heavy atom. The van der Waals surface area contributed by atoms with E-state index in [1.807, 2.05) is 19.1 Å². The zero-order valence-corrected chi connectivity index (χ0v) is 24.7. The van der Waals surface area contributed by atoms with Crippen molar-refractivity contribution >= 4 is 50.9 Å². The van der Waals surface area contributed by atoms with Gasteiger partial charge in [-0.25, -0.2) is 4.98 Å². The van der Waals surface area contributed by atoms with Crippen molar-refractivity contribution in [2.24, 2.45) is 11.8 Å². The first-order valence-electron chi connectivity index (χ1n) is 14.5. The number of benzene rings is 1. The third kappa shape index (κ3) is 8.63. The van der Waals surface area contributed by atoms with Gasteiger partial charge >= 0.3 is 0 Å². The topological polar surface area (TPSA) is 103 Å². The highest BCUT2D eigenvalue weighted by atomic mass is 35.5. The lowest BCUT2D eigenvalue weighted by molar-refractivity contribution is -0.130. The zero-order chi connectivity index (χ0) is 27.8. The summed E-state index contributed by atoms with van der Waals surface area (Å²) in [6.07, 6.45) is 8.48. The molecule has 0 spiro atoms. The van der Waals surface area contributed by atoms with Gasteiger partial charge in [-0.3, -0.25) is 14.4 Å². The Bertz CT molecular complexity index is 1130. The van der Waals surface area contributed by atoms with Gasteiger partial charge in [0.05, 0.1) is 15.2 Å². The molecule has 0 bridgehead atoms. The van der Waals surface area contributed by atoms with E-state index in [2.05, 4.69) is 25.8 Å². The Kier molecular flexibility index (Phi) is 11.0. The van der Waals surface area contributed by atoms with Gasteiger partial charge in [0, 0.05) is 42.9 Å². The lowest BCUT2D eigenvalue weighted by atomic mass is 9.83. The molecule has 8 nitrogen and oxygen atoms in total. The first kappa shape index (κ1) is 29.7. The van der Waals surface area contributed by atoms with E-state index >= 15 is 0 Å². The molecule has 2 unspecified atom stereocenters. The summed E-state index contributed by atoms with van der Waals surface area (Å²) in [4.78, 5) is 46.0. The number of likely N-dealkylation sites (tertiary alicyclic amines) is 1. The maximum Gasteiger partial charge on any atom is 0.243 e. The Balaban J connectivity index is 1.43. The van der Waals surface area contributed by atoms with Crippen molar-refractivity contribution in [3.05, 3.63) is 28.2 Å². The number of halogens is 1. The standard InChI is InChI=1S/C29H42ClN5O3S/c1-3-26(36)32-23(16-27-33-22-12-11-21(30)15-25(22)39-27)29(38)34-24(20-9-5-4-6-10-20)17-31-28(37)19(2)18-35-13-7-8-14-35/h11-12,15,19-20,23-24H,3-10,13-14,16-18H2,1-2H3,(H,31,37)(H,32,36)(H,34,38)/t19?,23-,24?/m0/s1. The van der Waals surface area contributed by atoms with Gasteiger partial charge in [0.1, 0.15) is 6.04 Å². The van der Waals surface area contributed by atoms with Crippen LogP contribution in [0.1, 0.15) is 70.2 Å². The highest BCUT2D eigenvalue weighted by Gasteiger charge is 2.30. The molecule has 3 N–H and O–H groups in total. The van der Waals surface area contributed by atoms with Crippen molar-refractivity contribution in [1.82, 2.24) is 25.8 Å². The maximum atomic E-state index is 13.6. The normalized spacial score (nSPS) is 18.9. The minimum absolute atomic E-state index is 0.0286. The molecule has 1 aromatic heterocycles. The Morgan fingerprint density at radius 1 is 1.08 bits per heavy atom. The number of carbonyl (C=O) groups excluding carboxylic acids is 3. The fourth-order valence-corrected chi connectivity index (χ4v) is 6.98. The van der Waals surface area contributed by atoms with E-state index < -0.39 is 6.04 Å². The van der Waals surface area contributed by atoms with E-state index in [0.29, 0.717) is 23.9 Å². The molecule has 214 valence electrons. The van der Waals surface area contributed by atoms with Gasteiger partial charge < -0.3 is 20.9 Å². The molecule has 2 aromatic rings. The second-order valence-corrected chi connectivity index (χ2v) is 12.6. The predicted molar refractivity (Wildman–Crippen MR) is 157 cm³/mol. The maximum absolute atomic E-state index is 13.6. The van der Waals surface area contributed by atoms with E-state index in [4.69, 9.17) is 11.6 Å². The van der Waals surface area contributed by atoms with Gasteiger partial charge in [-0.15, -0.1) is 11.3 Å². The van der Waals surface area contributed by atoms with Crippen molar-refractivity contribution in [2.45, 2.75) is 83.7 Å². The summed E-state index contributed by atoms with van der Waals surface area (Å²) in [7, 11) is 0. The van der Waals surface area contributed by atoms with Crippen LogP contribution in [-0.2, 0) is 20.8 Å². The van der Waals surface area contributed by atoms with Crippen LogP contribution in [-0.4, -0.2) is 65.9 Å². The van der Waals surface area contributed by atoms with Crippen LogP contribution in [0.5, 0.6) is 0 Å². The number of hydrogen-bond donors (Lipinski definition) is 3. The molecule has 1 aromatic carbocycles. The summed E-state index contributed by atoms with van der Waals surface area (Å²) in [6.45, 7) is 7.03. The molecule has 1 aliphatic heterocycles. The second-order valence-electron chi connectivity index (χ2n) is 11.1. The fourth-order valence-electron chi connectivity index (χ4n) is 5.69. The smallest absolute Gasteiger partial charge is 0.243 e. The Labute approximate surface area is 240 Å². The minimum Gasteiger partial charge on any atom is -0.354 e. The van der Waals surface area contributed by atoms with E-state index in [1.54, 1.807) is 13.0 Å². The fraction of sp³-hybridized carbons (Fsp3) is 0.655. The summed E-state index contributed by atoms with van der Waals surface area (Å²) in [5.41, 5.74) is 0.825. The van der Waals surface area contributed by atoms with Gasteiger partial charge in [0.15, 0.2) is 0 Å². The number of thiazole rings is 1. The van der Waals surface area contributed by atoms with Gasteiger partial charge in [0.25, 0.3) is 0 Å². The molecule has 3 amide bonds. The van der Waals surface area contributed by atoms with Crippen molar-refractivity contribution < 1.29 is 14.4 Å². The first-order valence-corrected chi connectivity index (χ1v) is 15.7. The second kappa shape index (κ2) is 14.4. The van der Waals surface area contributed by atoms with Gasteiger partial charge in [-0.2, -0.15) is 0 Å². The van der Waals surface area contributed by atoms with E-state index in [1.165, 1.54) is 30.6 Å². The highest BCUT2D eigenvalue weighted by Crippen LogP contribution is 2.28. The average molecular weight is 576 g/mol. The molecule has 1 saturated heterocycles. The Morgan fingerprint density at radius 3 is 2.54 bits per heavy atom. The number of rotatable bonds is 12. The monoisotopic (exact) mass is 575 g/mol. The lowest BCUT2D eigenvalue weighted by Gasteiger charge is -2.32. The number of carbonyl (C=O) groups is 3. The molecule has 1 aliphatic carbocycles. The van der Waals surface area contributed by atoms with Crippen LogP contribution in [0.3, 0.4) is 0 Å². The number of aromatic nitrogens is 1. The van der Waals surface area contributed by atoms with Crippen LogP contribution in [0.4, 0.5) is 0 Å². The van der Waals surface area contributed by atoms with Crippen LogP contribution >= 0.6 is 22.9 Å². The molecular weight excluding hydrogens is 534 g/mol. The Hall–Kier alpha value is -2.23. The van der Waals surface area contributed by atoms with Gasteiger partial charge in [-0.05, 0) is 62.9 Å². The SMILES string of the molecule is CCC(=O)N[C@@H](Cc1nc2ccc(Cl)cc2s1)C(=O)NC(CNC(=O)C(C)CN1CCCC1)C1CCCCC1. The van der Waals surface area contributed by atoms with Crippen LogP contribution in [0.2, 0.25) is 5.02 Å². The predicted octanol–water partition coefficient (Wildman–Crippen LogP) is 4.30. The summed E-state index contributed by atoms with van der Waals surface area (Å²) in [5.74, 6) is -0.193. The van der Waals surface area contributed by atoms with E-state index in [9.17, 15) is 14.4 Å². The van der Waals surface area contributed by atoms with Crippen molar-refractivity contribution in [2.75, 3.05) is 26.2 Å². The van der Waals surface area contributed by atoms with Gasteiger partial charge in [-0.1, -0.05) is 44.7 Å². The first-order chi connectivity index (χ1) is 18.8. The molecule has 10 heteroatoms. The van der Waals surface area contributed by atoms with Crippen LogP contribution in [0, 0.1) is 11.8 Å². The summed E-state index contributed by atoms with van der Waals surface area (Å²) >= 11 is 7.62. The van der Waals surface area contributed by atoms with Crippen molar-refractivity contribution in [3.63, 3.8) is 0 Å². The molecule has 4 rings (SSSR count). The number of hydrogen-bond acceptors (Lipinski definition) is 6. The third-order valence-corrected chi connectivity index (χ3v) is 9.24. The van der Waals surface area contributed by atoms with Gasteiger partial charge in [0.2, 0.25) is 17.7 Å². The number of amides is 3. The quantitative estimate of drug-likeness (QED) is 0.350. The molecule has 1 saturated carbocycles. The number of nitrogens with one attached hydrogen (secondary N) is 3. The van der Waals surface area contributed by atoms with Crippen molar-refractivity contribution in [1.29, 1.82) is 0 Å². The molecular formula is C29H42ClN5O3S. The van der Waals surface area contributed by atoms with Crippen LogP contribution < -0.4 is 16.0 Å². The molecule has 2 heterocycles. The van der Waals surface area contributed by atoms with Crippen LogP contribution in [0.25, 0.3) is 10.2 Å². The highest BCUT2D eigenvalue weighted by molar-refractivity contribution is 7.18. The lowest BCUT2D eigenvalue weighted by Crippen LogP contribution is -2.55. The minimum atomic E-state index is -0.746. The number of nitrogens with zero attached hydrogens (tertiary/aromatic N) is 2. The van der Waals surface area contributed by atoms with E-state index in [0.717, 1.165) is 60.5 Å². The largest absolute Gasteiger partial charge is 0.354 e. The molecule has 2 fully saturated rings. The third-order valence-electron chi connectivity index (χ3n) is 7.97. The van der Waals surface area contributed by atoms with Crippen LogP contribution in [0.15, 0.2) is 18.2 Å². The summed E-state index contributed by atoms with van der Waals surface area (Å²) in [6, 6.07) is 4.60. The molecule has 39 heavy (non-hydrogen) atoms.